The van der Waals surface area contributed by atoms with Crippen molar-refractivity contribution in [1.82, 2.24) is 4.98 Å². The average Bonchev–Trinajstić information content (AvgIpc) is 3.26. The van der Waals surface area contributed by atoms with E-state index in [1.165, 1.54) is 18.4 Å². The minimum absolute atomic E-state index is 0.0323. The van der Waals surface area contributed by atoms with Crippen LogP contribution in [0.5, 0.6) is 0 Å². The maximum absolute atomic E-state index is 12.9. The second kappa shape index (κ2) is 6.78. The fourth-order valence-corrected chi connectivity index (χ4v) is 5.60. The van der Waals surface area contributed by atoms with Crippen LogP contribution in [-0.2, 0) is 21.0 Å². The third-order valence-corrected chi connectivity index (χ3v) is 7.67. The number of sulfone groups is 1. The molecule has 2 saturated carbocycles. The molecule has 0 aliphatic heterocycles. The van der Waals surface area contributed by atoms with Crippen LogP contribution in [-0.4, -0.2) is 25.1 Å². The lowest BCUT2D eigenvalue weighted by atomic mass is 9.85. The quantitative estimate of drug-likeness (QED) is 0.840. The van der Waals surface area contributed by atoms with E-state index in [2.05, 4.69) is 4.98 Å². The molecule has 2 fully saturated rings. The van der Waals surface area contributed by atoms with Crippen molar-refractivity contribution in [3.8, 4) is 0 Å². The van der Waals surface area contributed by atoms with E-state index in [1.807, 2.05) is 12.1 Å². The average molecular weight is 372 g/mol. The zero-order valence-corrected chi connectivity index (χ0v) is 15.7. The fraction of sp³-hybridized carbons (Fsp3) is 0.476. The first-order valence-corrected chi connectivity index (χ1v) is 11.1. The monoisotopic (exact) mass is 371 g/mol. The van der Waals surface area contributed by atoms with Gasteiger partial charge in [0, 0.05) is 17.8 Å². The first-order chi connectivity index (χ1) is 12.5. The Labute approximate surface area is 155 Å². The van der Waals surface area contributed by atoms with Crippen LogP contribution in [0.15, 0.2) is 47.6 Å². The molecule has 4 rings (SSSR count). The molecular weight excluding hydrogens is 346 g/mol. The van der Waals surface area contributed by atoms with Crippen LogP contribution in [0.4, 0.5) is 0 Å². The van der Waals surface area contributed by atoms with E-state index in [4.69, 9.17) is 0 Å². The van der Waals surface area contributed by atoms with Crippen LogP contribution in [0, 0.1) is 0 Å². The minimum Gasteiger partial charge on any atom is -0.395 e. The van der Waals surface area contributed by atoms with E-state index in [1.54, 1.807) is 30.6 Å². The highest BCUT2D eigenvalue weighted by Crippen LogP contribution is 2.52. The van der Waals surface area contributed by atoms with Gasteiger partial charge in [-0.3, -0.25) is 4.98 Å². The van der Waals surface area contributed by atoms with Gasteiger partial charge in [0.2, 0.25) is 0 Å². The molecule has 5 heteroatoms. The van der Waals surface area contributed by atoms with Crippen LogP contribution in [0.1, 0.15) is 61.1 Å². The lowest BCUT2D eigenvalue weighted by molar-refractivity contribution is 0.254. The number of hydrogen-bond acceptors (Lipinski definition) is 4. The first-order valence-electron chi connectivity index (χ1n) is 9.41. The summed E-state index contributed by atoms with van der Waals surface area (Å²) >= 11 is 0. The van der Waals surface area contributed by atoms with E-state index < -0.39 is 9.84 Å². The van der Waals surface area contributed by atoms with Gasteiger partial charge < -0.3 is 5.11 Å². The molecule has 4 nitrogen and oxygen atoms in total. The van der Waals surface area contributed by atoms with Gasteiger partial charge >= 0.3 is 0 Å². The molecule has 0 atom stereocenters. The largest absolute Gasteiger partial charge is 0.395 e. The Morgan fingerprint density at radius 1 is 1.15 bits per heavy atom. The fourth-order valence-electron chi connectivity index (χ4n) is 4.24. The number of benzene rings is 1. The molecule has 0 saturated heterocycles. The lowest BCUT2D eigenvalue weighted by Gasteiger charge is -2.22. The standard InChI is InChI=1S/C21H25NO3S/c23-15-21(9-10-21)20-8-7-18(12-19(20)17-5-1-2-6-17)26(24,25)14-16-4-3-11-22-13-16/h3-4,7-8,11-13,17,23H,1-2,5-6,9-10,14-15H2. The number of nitrogens with zero attached hydrogens (tertiary/aromatic N) is 1. The maximum atomic E-state index is 12.9. The summed E-state index contributed by atoms with van der Waals surface area (Å²) in [4.78, 5) is 4.41. The second-order valence-corrected chi connectivity index (χ2v) is 9.78. The molecule has 138 valence electrons. The van der Waals surface area contributed by atoms with E-state index >= 15 is 0 Å². The third-order valence-electron chi connectivity index (χ3n) is 5.98. The minimum atomic E-state index is -3.42. The predicted molar refractivity (Wildman–Crippen MR) is 101 cm³/mol. The van der Waals surface area contributed by atoms with E-state index in [9.17, 15) is 13.5 Å². The SMILES string of the molecule is O=S(=O)(Cc1cccnc1)c1ccc(C2(CO)CC2)c(C2CCCC2)c1. The van der Waals surface area contributed by atoms with Gasteiger partial charge in [-0.15, -0.1) is 0 Å². The predicted octanol–water partition coefficient (Wildman–Crippen LogP) is 3.74. The van der Waals surface area contributed by atoms with Crippen molar-refractivity contribution in [2.45, 2.75) is 60.5 Å². The van der Waals surface area contributed by atoms with Crippen molar-refractivity contribution >= 4 is 9.84 Å². The summed E-state index contributed by atoms with van der Waals surface area (Å²) < 4.78 is 25.9. The molecule has 0 radical (unpaired) electrons. The van der Waals surface area contributed by atoms with E-state index in [-0.39, 0.29) is 17.8 Å². The highest BCUT2D eigenvalue weighted by atomic mass is 32.2. The normalized spacial score (nSPS) is 19.6. The Hall–Kier alpha value is -1.72. The maximum Gasteiger partial charge on any atom is 0.182 e. The molecule has 1 aromatic carbocycles. The van der Waals surface area contributed by atoms with Crippen molar-refractivity contribution in [3.63, 3.8) is 0 Å². The van der Waals surface area contributed by atoms with Crippen molar-refractivity contribution in [3.05, 3.63) is 59.4 Å². The molecule has 1 heterocycles. The second-order valence-electron chi connectivity index (χ2n) is 7.79. The number of aliphatic hydroxyl groups excluding tert-OH is 1. The molecule has 26 heavy (non-hydrogen) atoms. The van der Waals surface area contributed by atoms with Crippen molar-refractivity contribution < 1.29 is 13.5 Å². The van der Waals surface area contributed by atoms with Gasteiger partial charge in [-0.25, -0.2) is 8.42 Å². The summed E-state index contributed by atoms with van der Waals surface area (Å²) in [5.74, 6) is 0.387. The molecule has 0 bridgehead atoms. The number of aliphatic hydroxyl groups is 1. The van der Waals surface area contributed by atoms with Gasteiger partial charge in [0.1, 0.15) is 0 Å². The lowest BCUT2D eigenvalue weighted by Crippen LogP contribution is -2.17. The van der Waals surface area contributed by atoms with E-state index in [0.29, 0.717) is 16.4 Å². The number of hydrogen-bond donors (Lipinski definition) is 1. The van der Waals surface area contributed by atoms with Gasteiger partial charge in [0.15, 0.2) is 9.84 Å². The number of aromatic nitrogens is 1. The first kappa shape index (κ1) is 17.7. The molecule has 2 aliphatic rings. The topological polar surface area (TPSA) is 67.3 Å². The Morgan fingerprint density at radius 3 is 2.54 bits per heavy atom. The summed E-state index contributed by atoms with van der Waals surface area (Å²) in [5, 5.41) is 9.88. The molecule has 2 aliphatic carbocycles. The Balaban J connectivity index is 1.72. The number of pyridine rings is 1. The van der Waals surface area contributed by atoms with Gasteiger partial charge in [-0.2, -0.15) is 0 Å². The van der Waals surface area contributed by atoms with Gasteiger partial charge in [0.05, 0.1) is 17.3 Å². The van der Waals surface area contributed by atoms with Crippen LogP contribution >= 0.6 is 0 Å². The van der Waals surface area contributed by atoms with Crippen LogP contribution < -0.4 is 0 Å². The van der Waals surface area contributed by atoms with Gasteiger partial charge in [-0.1, -0.05) is 25.0 Å². The smallest absolute Gasteiger partial charge is 0.182 e. The number of rotatable bonds is 6. The molecule has 0 amide bonds. The zero-order valence-electron chi connectivity index (χ0n) is 14.9. The van der Waals surface area contributed by atoms with E-state index in [0.717, 1.165) is 31.2 Å². The highest BCUT2D eigenvalue weighted by Gasteiger charge is 2.46. The summed E-state index contributed by atoms with van der Waals surface area (Å²) in [6.45, 7) is 0.147. The van der Waals surface area contributed by atoms with Crippen molar-refractivity contribution in [1.29, 1.82) is 0 Å². The van der Waals surface area contributed by atoms with Crippen LogP contribution in [0.2, 0.25) is 0 Å². The summed E-state index contributed by atoms with van der Waals surface area (Å²) in [5.41, 5.74) is 2.89. The van der Waals surface area contributed by atoms with Crippen molar-refractivity contribution in [2.75, 3.05) is 6.61 Å². The zero-order chi connectivity index (χ0) is 18.2. The molecule has 1 N–H and O–H groups in total. The summed E-state index contributed by atoms with van der Waals surface area (Å²) in [6.07, 6.45) is 9.85. The molecule has 1 aromatic heterocycles. The summed E-state index contributed by atoms with van der Waals surface area (Å²) in [7, 11) is -3.42. The molecule has 0 unspecified atom stereocenters. The molecule has 2 aromatic rings. The molecular formula is C21H25NO3S. The van der Waals surface area contributed by atoms with Crippen LogP contribution in [0.3, 0.4) is 0 Å². The Bertz CT molecular complexity index is 883. The Morgan fingerprint density at radius 2 is 1.92 bits per heavy atom. The van der Waals surface area contributed by atoms with Crippen LogP contribution in [0.25, 0.3) is 0 Å². The van der Waals surface area contributed by atoms with Crippen molar-refractivity contribution in [2.24, 2.45) is 0 Å². The summed E-state index contributed by atoms with van der Waals surface area (Å²) in [6, 6.07) is 9.15. The Kier molecular flexibility index (Phi) is 4.61. The third kappa shape index (κ3) is 3.30. The van der Waals surface area contributed by atoms with Gasteiger partial charge in [0.25, 0.3) is 0 Å². The van der Waals surface area contributed by atoms with Gasteiger partial charge in [-0.05, 0) is 66.5 Å². The highest BCUT2D eigenvalue weighted by molar-refractivity contribution is 7.90. The molecule has 0 spiro atoms.